The van der Waals surface area contributed by atoms with Crippen molar-refractivity contribution < 1.29 is 4.79 Å². The molecule has 0 unspecified atom stereocenters. The first-order valence-corrected chi connectivity index (χ1v) is 2.45. The molecule has 0 atom stereocenters. The number of Topliss-reactive ketones (excluding diaryl/α,β-unsaturated/α-hetero) is 1. The smallest absolute Gasteiger partial charge is 0.177 e. The quantitative estimate of drug-likeness (QED) is 0.537. The maximum atomic E-state index is 10.3. The SMILES string of the molecule is CC(=O)C(=N)/C=C\C=N. The summed E-state index contributed by atoms with van der Waals surface area (Å²) in [5.41, 5.74) is -0.0708. The normalized spacial score (nSPS) is 9.44. The summed E-state index contributed by atoms with van der Waals surface area (Å²) < 4.78 is 0. The number of hydrogen-bond acceptors (Lipinski definition) is 3. The van der Waals surface area contributed by atoms with Crippen molar-refractivity contribution in [3.05, 3.63) is 12.2 Å². The van der Waals surface area contributed by atoms with E-state index in [4.69, 9.17) is 10.8 Å². The Morgan fingerprint density at radius 1 is 1.56 bits per heavy atom. The molecule has 2 N–H and O–H groups in total. The molecule has 0 rings (SSSR count). The average molecular weight is 124 g/mol. The van der Waals surface area contributed by atoms with E-state index in [1.54, 1.807) is 0 Å². The highest BCUT2D eigenvalue weighted by atomic mass is 16.1. The summed E-state index contributed by atoms with van der Waals surface area (Å²) in [5, 5.41) is 13.4. The van der Waals surface area contributed by atoms with Gasteiger partial charge in [-0.15, -0.1) is 0 Å². The Balaban J connectivity index is 3.92. The molecule has 0 aliphatic carbocycles. The zero-order valence-corrected chi connectivity index (χ0v) is 5.14. The third-order valence-corrected chi connectivity index (χ3v) is 0.738. The largest absolute Gasteiger partial charge is 0.309 e. The summed E-state index contributed by atoms with van der Waals surface area (Å²) in [6, 6.07) is 0. The molecule has 0 aromatic rings. The van der Waals surface area contributed by atoms with Crippen molar-refractivity contribution in [1.82, 2.24) is 0 Å². The van der Waals surface area contributed by atoms with Crippen molar-refractivity contribution in [3.8, 4) is 0 Å². The summed E-state index contributed by atoms with van der Waals surface area (Å²) in [6.45, 7) is 1.32. The van der Waals surface area contributed by atoms with Crippen molar-refractivity contribution in [2.45, 2.75) is 6.92 Å². The predicted molar refractivity (Wildman–Crippen MR) is 36.3 cm³/mol. The Morgan fingerprint density at radius 2 is 2.11 bits per heavy atom. The molecule has 0 saturated carbocycles. The van der Waals surface area contributed by atoms with Gasteiger partial charge in [0, 0.05) is 13.1 Å². The molecule has 0 bridgehead atoms. The Labute approximate surface area is 53.4 Å². The summed E-state index contributed by atoms with van der Waals surface area (Å²) in [7, 11) is 0. The molecular weight excluding hydrogens is 116 g/mol. The lowest BCUT2D eigenvalue weighted by atomic mass is 10.2. The zero-order valence-electron chi connectivity index (χ0n) is 5.14. The molecule has 0 amide bonds. The highest BCUT2D eigenvalue weighted by Gasteiger charge is 1.94. The highest BCUT2D eigenvalue weighted by molar-refractivity contribution is 6.42. The van der Waals surface area contributed by atoms with Gasteiger partial charge in [-0.1, -0.05) is 0 Å². The molecule has 0 radical (unpaired) electrons. The lowest BCUT2D eigenvalue weighted by Gasteiger charge is -1.83. The molecule has 3 nitrogen and oxygen atoms in total. The first-order chi connectivity index (χ1) is 4.18. The Bertz CT molecular complexity index is 170. The monoisotopic (exact) mass is 124 g/mol. The summed E-state index contributed by atoms with van der Waals surface area (Å²) in [5.74, 6) is -0.284. The Morgan fingerprint density at radius 3 is 2.44 bits per heavy atom. The number of rotatable bonds is 3. The van der Waals surface area contributed by atoms with Crippen molar-refractivity contribution in [2.75, 3.05) is 0 Å². The molecule has 0 fully saturated rings. The standard InChI is InChI=1S/C6H8N2O/c1-5(9)6(8)3-2-4-7/h2-4,7-8H,1H3/b3-2-,7-4?,8-6?. The third kappa shape index (κ3) is 3.34. The molecule has 48 valence electrons. The van der Waals surface area contributed by atoms with Crippen molar-refractivity contribution in [2.24, 2.45) is 0 Å². The minimum absolute atomic E-state index is 0.0708. The van der Waals surface area contributed by atoms with Gasteiger partial charge >= 0.3 is 0 Å². The van der Waals surface area contributed by atoms with E-state index in [1.807, 2.05) is 0 Å². The maximum Gasteiger partial charge on any atom is 0.177 e. The van der Waals surface area contributed by atoms with Crippen molar-refractivity contribution in [1.29, 1.82) is 10.8 Å². The molecule has 0 saturated heterocycles. The summed E-state index contributed by atoms with van der Waals surface area (Å²) >= 11 is 0. The van der Waals surface area contributed by atoms with Gasteiger partial charge in [0.25, 0.3) is 0 Å². The fraction of sp³-hybridized carbons (Fsp3) is 0.167. The lowest BCUT2D eigenvalue weighted by molar-refractivity contribution is -0.111. The maximum absolute atomic E-state index is 10.3. The first kappa shape index (κ1) is 7.75. The molecule has 3 heteroatoms. The van der Waals surface area contributed by atoms with Crippen molar-refractivity contribution in [3.63, 3.8) is 0 Å². The van der Waals surface area contributed by atoms with Crippen LogP contribution in [0.3, 0.4) is 0 Å². The van der Waals surface area contributed by atoms with E-state index in [1.165, 1.54) is 19.1 Å². The van der Waals surface area contributed by atoms with Gasteiger partial charge in [0.1, 0.15) is 0 Å². The van der Waals surface area contributed by atoms with E-state index in [9.17, 15) is 4.79 Å². The first-order valence-electron chi connectivity index (χ1n) is 2.45. The Kier molecular flexibility index (Phi) is 3.20. The van der Waals surface area contributed by atoms with E-state index in [2.05, 4.69) is 0 Å². The fourth-order valence-corrected chi connectivity index (χ4v) is 0.262. The molecule has 0 heterocycles. The van der Waals surface area contributed by atoms with E-state index in [0.717, 1.165) is 6.21 Å². The van der Waals surface area contributed by atoms with Crippen LogP contribution < -0.4 is 0 Å². The number of nitrogens with one attached hydrogen (secondary N) is 2. The number of allylic oxidation sites excluding steroid dienone is 2. The van der Waals surface area contributed by atoms with E-state index in [-0.39, 0.29) is 11.5 Å². The third-order valence-electron chi connectivity index (χ3n) is 0.738. The minimum atomic E-state index is -0.284. The topological polar surface area (TPSA) is 64.8 Å². The van der Waals surface area contributed by atoms with Crippen LogP contribution in [0.25, 0.3) is 0 Å². The lowest BCUT2D eigenvalue weighted by Crippen LogP contribution is -2.03. The van der Waals surface area contributed by atoms with Crippen LogP contribution in [0.2, 0.25) is 0 Å². The number of carbonyl (C=O) groups is 1. The van der Waals surface area contributed by atoms with Crippen LogP contribution in [0.15, 0.2) is 12.2 Å². The fourth-order valence-electron chi connectivity index (χ4n) is 0.262. The van der Waals surface area contributed by atoms with Crippen LogP contribution in [0.1, 0.15) is 6.92 Å². The summed E-state index contributed by atoms with van der Waals surface area (Å²) in [4.78, 5) is 10.3. The summed E-state index contributed by atoms with van der Waals surface area (Å²) in [6.07, 6.45) is 3.65. The number of hydrogen-bond donors (Lipinski definition) is 2. The van der Waals surface area contributed by atoms with Gasteiger partial charge in [0.2, 0.25) is 0 Å². The van der Waals surface area contributed by atoms with E-state index in [0.29, 0.717) is 0 Å². The second-order valence-corrected chi connectivity index (χ2v) is 1.50. The van der Waals surface area contributed by atoms with Crippen LogP contribution in [0.4, 0.5) is 0 Å². The van der Waals surface area contributed by atoms with E-state index >= 15 is 0 Å². The highest BCUT2D eigenvalue weighted by Crippen LogP contribution is 1.77. The molecular formula is C6H8N2O. The predicted octanol–water partition coefficient (Wildman–Crippen LogP) is 0.801. The minimum Gasteiger partial charge on any atom is -0.309 e. The Hall–Kier alpha value is -1.25. The van der Waals surface area contributed by atoms with E-state index < -0.39 is 0 Å². The van der Waals surface area contributed by atoms with Crippen LogP contribution >= 0.6 is 0 Å². The van der Waals surface area contributed by atoms with Gasteiger partial charge in [-0.25, -0.2) is 0 Å². The molecule has 0 aromatic heterocycles. The van der Waals surface area contributed by atoms with Crippen molar-refractivity contribution >= 4 is 17.7 Å². The van der Waals surface area contributed by atoms with Crippen LogP contribution in [-0.2, 0) is 4.79 Å². The second kappa shape index (κ2) is 3.72. The molecule has 0 aliphatic heterocycles. The van der Waals surface area contributed by atoms with Gasteiger partial charge in [-0.3, -0.25) is 10.2 Å². The number of carbonyl (C=O) groups excluding carboxylic acids is 1. The van der Waals surface area contributed by atoms with Crippen LogP contribution in [-0.4, -0.2) is 17.7 Å². The molecule has 0 aromatic carbocycles. The number of ketones is 1. The van der Waals surface area contributed by atoms with Gasteiger partial charge in [-0.05, 0) is 12.2 Å². The van der Waals surface area contributed by atoms with Gasteiger partial charge < -0.3 is 5.41 Å². The molecule has 9 heavy (non-hydrogen) atoms. The van der Waals surface area contributed by atoms with Gasteiger partial charge in [0.15, 0.2) is 5.78 Å². The molecule has 0 spiro atoms. The zero-order chi connectivity index (χ0) is 7.28. The average Bonchev–Trinajstić information content (AvgIpc) is 1.82. The van der Waals surface area contributed by atoms with Gasteiger partial charge in [-0.2, -0.15) is 0 Å². The molecule has 0 aliphatic rings. The van der Waals surface area contributed by atoms with Crippen LogP contribution in [0.5, 0.6) is 0 Å². The van der Waals surface area contributed by atoms with Gasteiger partial charge in [0.05, 0.1) is 5.71 Å². The second-order valence-electron chi connectivity index (χ2n) is 1.50. The van der Waals surface area contributed by atoms with Crippen LogP contribution in [0, 0.1) is 10.8 Å².